The van der Waals surface area contributed by atoms with Gasteiger partial charge >= 0.3 is 0 Å². The highest BCUT2D eigenvalue weighted by Crippen LogP contribution is 2.32. The number of nitrogens with zero attached hydrogens (tertiary/aromatic N) is 2. The molecule has 1 heterocycles. The third kappa shape index (κ3) is 3.17. The molecule has 1 N–H and O–H groups in total. The summed E-state index contributed by atoms with van der Waals surface area (Å²) in [5.41, 5.74) is 0.308. The summed E-state index contributed by atoms with van der Waals surface area (Å²) in [5, 5.41) is 10.3. The van der Waals surface area contributed by atoms with Crippen molar-refractivity contribution in [3.05, 3.63) is 29.0 Å². The Morgan fingerprint density at radius 2 is 2.41 bits per heavy atom. The molecule has 0 radical (unpaired) electrons. The smallest absolute Gasteiger partial charge is 0.272 e. The molecule has 1 unspecified atom stereocenters. The Balaban J connectivity index is 1.98. The highest BCUT2D eigenvalue weighted by Gasteiger charge is 2.31. The Morgan fingerprint density at radius 3 is 3.00 bits per heavy atom. The summed E-state index contributed by atoms with van der Waals surface area (Å²) in [4.78, 5) is 17.4. The summed E-state index contributed by atoms with van der Waals surface area (Å²) in [6.45, 7) is 0.345. The van der Waals surface area contributed by atoms with Crippen molar-refractivity contribution in [1.82, 2.24) is 9.88 Å². The minimum absolute atomic E-state index is 0.216. The van der Waals surface area contributed by atoms with Crippen LogP contribution in [0.25, 0.3) is 0 Å². The second-order valence-electron chi connectivity index (χ2n) is 4.45. The largest absolute Gasteiger partial charge is 0.391 e. The summed E-state index contributed by atoms with van der Waals surface area (Å²) in [7, 11) is 1.66. The van der Waals surface area contributed by atoms with Gasteiger partial charge < -0.3 is 10.0 Å². The Morgan fingerprint density at radius 1 is 1.71 bits per heavy atom. The number of carbonyl (C=O) groups is 1. The lowest BCUT2D eigenvalue weighted by atomic mass is 10.2. The van der Waals surface area contributed by atoms with Gasteiger partial charge in [0.25, 0.3) is 5.91 Å². The van der Waals surface area contributed by atoms with Gasteiger partial charge in [0.05, 0.1) is 6.10 Å². The number of aliphatic hydroxyl groups is 1. The third-order valence-electron chi connectivity index (χ3n) is 2.91. The van der Waals surface area contributed by atoms with E-state index in [0.717, 1.165) is 12.8 Å². The topological polar surface area (TPSA) is 53.4 Å². The van der Waals surface area contributed by atoms with Gasteiger partial charge in [0.2, 0.25) is 0 Å². The number of amides is 1. The van der Waals surface area contributed by atoms with Gasteiger partial charge in [-0.3, -0.25) is 9.78 Å². The molecule has 0 aromatic carbocycles. The number of aromatic nitrogens is 1. The first kappa shape index (κ1) is 12.3. The van der Waals surface area contributed by atoms with E-state index >= 15 is 0 Å². The predicted octanol–water partition coefficient (Wildman–Crippen LogP) is 1.58. The number of hydrogen-bond donors (Lipinski definition) is 1. The van der Waals surface area contributed by atoms with Crippen molar-refractivity contribution in [2.45, 2.75) is 18.9 Å². The van der Waals surface area contributed by atoms with Gasteiger partial charge in [-0.2, -0.15) is 0 Å². The zero-order valence-corrected chi connectivity index (χ0v) is 10.4. The molecule has 1 saturated carbocycles. The van der Waals surface area contributed by atoms with E-state index in [0.29, 0.717) is 23.2 Å². The molecule has 1 fully saturated rings. The minimum Gasteiger partial charge on any atom is -0.391 e. The molecule has 0 bridgehead atoms. The van der Waals surface area contributed by atoms with Gasteiger partial charge in [0.15, 0.2) is 0 Å². The molecule has 1 aromatic heterocycles. The van der Waals surface area contributed by atoms with Crippen LogP contribution < -0.4 is 0 Å². The average molecular weight is 255 g/mol. The molecule has 4 nitrogen and oxygen atoms in total. The van der Waals surface area contributed by atoms with Crippen molar-refractivity contribution in [2.75, 3.05) is 13.6 Å². The second kappa shape index (κ2) is 5.02. The van der Waals surface area contributed by atoms with E-state index in [1.54, 1.807) is 13.1 Å². The van der Waals surface area contributed by atoms with Crippen molar-refractivity contribution in [2.24, 2.45) is 5.92 Å². The number of likely N-dealkylation sites (N-methyl/N-ethyl adjacent to an activating group) is 1. The lowest BCUT2D eigenvalue weighted by molar-refractivity contribution is 0.0640. The summed E-state index contributed by atoms with van der Waals surface area (Å²) >= 11 is 5.80. The summed E-state index contributed by atoms with van der Waals surface area (Å²) in [5.74, 6) is 0.143. The van der Waals surface area contributed by atoms with Gasteiger partial charge in [0, 0.05) is 24.8 Å². The molecule has 5 heteroatoms. The van der Waals surface area contributed by atoms with Crippen molar-refractivity contribution >= 4 is 17.5 Å². The molecular weight excluding hydrogens is 240 g/mol. The fraction of sp³-hybridized carbons (Fsp3) is 0.500. The van der Waals surface area contributed by atoms with Gasteiger partial charge in [-0.15, -0.1) is 0 Å². The van der Waals surface area contributed by atoms with Crippen LogP contribution in [0.3, 0.4) is 0 Å². The van der Waals surface area contributed by atoms with Crippen LogP contribution in [-0.4, -0.2) is 40.6 Å². The van der Waals surface area contributed by atoms with Crippen LogP contribution in [0.4, 0.5) is 0 Å². The SMILES string of the molecule is CN(CC(O)C1CC1)C(=O)c1cc(Cl)ccn1. The van der Waals surface area contributed by atoms with E-state index in [2.05, 4.69) is 4.98 Å². The molecule has 1 aliphatic carbocycles. The Kier molecular flexibility index (Phi) is 3.64. The first-order valence-electron chi connectivity index (χ1n) is 5.63. The molecule has 0 saturated heterocycles. The molecule has 0 aliphatic heterocycles. The van der Waals surface area contributed by atoms with Crippen molar-refractivity contribution in [1.29, 1.82) is 0 Å². The molecule has 1 aliphatic rings. The Bertz CT molecular complexity index is 421. The van der Waals surface area contributed by atoms with Crippen molar-refractivity contribution in [3.8, 4) is 0 Å². The molecule has 2 rings (SSSR count). The summed E-state index contributed by atoms with van der Waals surface area (Å²) in [6.07, 6.45) is 3.18. The Labute approximate surface area is 105 Å². The van der Waals surface area contributed by atoms with E-state index in [9.17, 15) is 9.90 Å². The summed E-state index contributed by atoms with van der Waals surface area (Å²) < 4.78 is 0. The maximum absolute atomic E-state index is 12.0. The van der Waals surface area contributed by atoms with E-state index in [4.69, 9.17) is 11.6 Å². The van der Waals surface area contributed by atoms with E-state index in [1.807, 2.05) is 0 Å². The zero-order valence-electron chi connectivity index (χ0n) is 9.64. The quantitative estimate of drug-likeness (QED) is 0.888. The van der Waals surface area contributed by atoms with Gasteiger partial charge in [-0.1, -0.05) is 11.6 Å². The van der Waals surface area contributed by atoms with E-state index in [-0.39, 0.29) is 5.91 Å². The molecule has 1 amide bonds. The van der Waals surface area contributed by atoms with Crippen LogP contribution in [0.1, 0.15) is 23.3 Å². The van der Waals surface area contributed by atoms with Crippen LogP contribution in [0, 0.1) is 5.92 Å². The number of hydrogen-bond acceptors (Lipinski definition) is 3. The first-order chi connectivity index (χ1) is 8.08. The van der Waals surface area contributed by atoms with Crippen LogP contribution in [0.5, 0.6) is 0 Å². The highest BCUT2D eigenvalue weighted by atomic mass is 35.5. The highest BCUT2D eigenvalue weighted by molar-refractivity contribution is 6.30. The summed E-state index contributed by atoms with van der Waals surface area (Å²) in [6, 6.07) is 3.15. The second-order valence-corrected chi connectivity index (χ2v) is 4.89. The normalized spacial score (nSPS) is 16.6. The minimum atomic E-state index is -0.428. The maximum atomic E-state index is 12.0. The standard InChI is InChI=1S/C12H15ClN2O2/c1-15(7-11(16)8-2-3-8)12(17)10-6-9(13)4-5-14-10/h4-6,8,11,16H,2-3,7H2,1H3. The zero-order chi connectivity index (χ0) is 12.4. The molecule has 1 aromatic rings. The molecule has 1 atom stereocenters. The molecule has 92 valence electrons. The average Bonchev–Trinajstić information content (AvgIpc) is 3.11. The van der Waals surface area contributed by atoms with Crippen molar-refractivity contribution < 1.29 is 9.90 Å². The van der Waals surface area contributed by atoms with Crippen LogP contribution in [0.2, 0.25) is 5.02 Å². The molecule has 17 heavy (non-hydrogen) atoms. The maximum Gasteiger partial charge on any atom is 0.272 e. The van der Waals surface area contributed by atoms with E-state index < -0.39 is 6.10 Å². The first-order valence-corrected chi connectivity index (χ1v) is 6.01. The van der Waals surface area contributed by atoms with Gasteiger partial charge in [-0.05, 0) is 30.9 Å². The van der Waals surface area contributed by atoms with E-state index in [1.165, 1.54) is 17.2 Å². The number of carbonyl (C=O) groups excluding carboxylic acids is 1. The van der Waals surface area contributed by atoms with Gasteiger partial charge in [0.1, 0.15) is 5.69 Å². The predicted molar refractivity (Wildman–Crippen MR) is 64.9 cm³/mol. The molecule has 0 spiro atoms. The lowest BCUT2D eigenvalue weighted by Crippen LogP contribution is -2.35. The van der Waals surface area contributed by atoms with Crippen LogP contribution >= 0.6 is 11.6 Å². The lowest BCUT2D eigenvalue weighted by Gasteiger charge is -2.20. The van der Waals surface area contributed by atoms with Crippen molar-refractivity contribution in [3.63, 3.8) is 0 Å². The number of rotatable bonds is 4. The monoisotopic (exact) mass is 254 g/mol. The fourth-order valence-electron chi connectivity index (χ4n) is 1.71. The Hall–Kier alpha value is -1.13. The van der Waals surface area contributed by atoms with Crippen LogP contribution in [-0.2, 0) is 0 Å². The molecular formula is C12H15ClN2O2. The number of halogens is 1. The fourth-order valence-corrected chi connectivity index (χ4v) is 1.87. The number of pyridine rings is 1. The van der Waals surface area contributed by atoms with Crippen LogP contribution in [0.15, 0.2) is 18.3 Å². The third-order valence-corrected chi connectivity index (χ3v) is 3.15. The number of aliphatic hydroxyl groups excluding tert-OH is 1. The van der Waals surface area contributed by atoms with Gasteiger partial charge in [-0.25, -0.2) is 0 Å².